The average Bonchev–Trinajstić information content (AvgIpc) is 2.71. The molecule has 0 fully saturated rings. The molecular formula is C23H26O6. The summed E-state index contributed by atoms with van der Waals surface area (Å²) in [4.78, 5) is 36.4. The summed E-state index contributed by atoms with van der Waals surface area (Å²) in [7, 11) is 0. The van der Waals surface area contributed by atoms with Gasteiger partial charge in [0.1, 0.15) is 6.61 Å². The molecule has 0 heterocycles. The first-order valence-electron chi connectivity index (χ1n) is 9.56. The largest absolute Gasteiger partial charge is 0.516 e. The summed E-state index contributed by atoms with van der Waals surface area (Å²) in [6.07, 6.45) is -1.04. The topological polar surface area (TPSA) is 78.9 Å². The van der Waals surface area contributed by atoms with Crippen LogP contribution in [0.25, 0.3) is 0 Å². The Morgan fingerprint density at radius 1 is 0.828 bits per heavy atom. The minimum absolute atomic E-state index is 0.108. The molecule has 2 aromatic rings. The molecule has 0 bridgehead atoms. The standard InChI is InChI=1S/C23H26O6/c1-17(2)15-28-23(26)29-21(24)14-20(13-18-9-5-3-6-10-18)22(25)27-16-19-11-7-4-8-12-19/h3-12,17,20H,13-16H2,1-2H3/t20-/m1/s1. The summed E-state index contributed by atoms with van der Waals surface area (Å²) in [6, 6.07) is 18.6. The van der Waals surface area contributed by atoms with Gasteiger partial charge in [0.2, 0.25) is 0 Å². The van der Waals surface area contributed by atoms with Crippen molar-refractivity contribution in [3.63, 3.8) is 0 Å². The van der Waals surface area contributed by atoms with E-state index < -0.39 is 24.0 Å². The van der Waals surface area contributed by atoms with E-state index in [0.29, 0.717) is 6.42 Å². The van der Waals surface area contributed by atoms with Crippen LogP contribution in [0.5, 0.6) is 0 Å². The van der Waals surface area contributed by atoms with E-state index in [1.165, 1.54) is 0 Å². The number of hydrogen-bond donors (Lipinski definition) is 0. The Morgan fingerprint density at radius 2 is 1.41 bits per heavy atom. The smallest absolute Gasteiger partial charge is 0.461 e. The fourth-order valence-corrected chi connectivity index (χ4v) is 2.58. The van der Waals surface area contributed by atoms with Gasteiger partial charge in [-0.25, -0.2) is 4.79 Å². The van der Waals surface area contributed by atoms with E-state index in [1.807, 2.05) is 74.5 Å². The zero-order valence-corrected chi connectivity index (χ0v) is 16.7. The predicted molar refractivity (Wildman–Crippen MR) is 107 cm³/mol. The van der Waals surface area contributed by atoms with E-state index in [-0.39, 0.29) is 25.6 Å². The molecule has 0 aliphatic rings. The number of carbonyl (C=O) groups is 3. The zero-order valence-electron chi connectivity index (χ0n) is 16.7. The van der Waals surface area contributed by atoms with E-state index in [0.717, 1.165) is 11.1 Å². The van der Waals surface area contributed by atoms with Crippen molar-refractivity contribution < 1.29 is 28.6 Å². The van der Waals surface area contributed by atoms with Gasteiger partial charge in [-0.2, -0.15) is 0 Å². The Balaban J connectivity index is 1.97. The number of rotatable bonds is 9. The second kappa shape index (κ2) is 11.6. The zero-order chi connectivity index (χ0) is 21.1. The molecular weight excluding hydrogens is 372 g/mol. The van der Waals surface area contributed by atoms with Crippen molar-refractivity contribution in [2.24, 2.45) is 11.8 Å². The summed E-state index contributed by atoms with van der Waals surface area (Å²) in [5.74, 6) is -2.00. The fraction of sp³-hybridized carbons (Fsp3) is 0.348. The summed E-state index contributed by atoms with van der Waals surface area (Å²) < 4.78 is 14.9. The van der Waals surface area contributed by atoms with Gasteiger partial charge in [-0.05, 0) is 23.5 Å². The van der Waals surface area contributed by atoms with Gasteiger partial charge in [-0.1, -0.05) is 74.5 Å². The molecule has 0 saturated carbocycles. The summed E-state index contributed by atoms with van der Waals surface area (Å²) in [6.45, 7) is 4.00. The van der Waals surface area contributed by atoms with Crippen LogP contribution in [0.3, 0.4) is 0 Å². The van der Waals surface area contributed by atoms with Crippen LogP contribution >= 0.6 is 0 Å². The van der Waals surface area contributed by atoms with Crippen LogP contribution in [0.4, 0.5) is 4.79 Å². The van der Waals surface area contributed by atoms with Crippen LogP contribution in [-0.2, 0) is 36.8 Å². The number of hydrogen-bond acceptors (Lipinski definition) is 6. The fourth-order valence-electron chi connectivity index (χ4n) is 2.58. The Hall–Kier alpha value is -3.15. The molecule has 0 aliphatic heterocycles. The van der Waals surface area contributed by atoms with Gasteiger partial charge in [0, 0.05) is 0 Å². The van der Waals surface area contributed by atoms with Crippen LogP contribution < -0.4 is 0 Å². The quantitative estimate of drug-likeness (QED) is 0.462. The van der Waals surface area contributed by atoms with Crippen molar-refractivity contribution in [3.05, 3.63) is 71.8 Å². The highest BCUT2D eigenvalue weighted by Gasteiger charge is 2.26. The van der Waals surface area contributed by atoms with Crippen LogP contribution in [0.2, 0.25) is 0 Å². The highest BCUT2D eigenvalue weighted by Crippen LogP contribution is 2.17. The summed E-state index contributed by atoms with van der Waals surface area (Å²) in [5.41, 5.74) is 1.73. The van der Waals surface area contributed by atoms with Crippen molar-refractivity contribution in [3.8, 4) is 0 Å². The summed E-state index contributed by atoms with van der Waals surface area (Å²) in [5, 5.41) is 0. The molecule has 0 aliphatic carbocycles. The molecule has 6 heteroatoms. The van der Waals surface area contributed by atoms with E-state index in [1.54, 1.807) is 0 Å². The SMILES string of the molecule is CC(C)COC(=O)OC(=O)C[C@@H](Cc1ccccc1)C(=O)OCc1ccccc1. The lowest BCUT2D eigenvalue weighted by Crippen LogP contribution is -2.25. The van der Waals surface area contributed by atoms with Crippen LogP contribution in [0, 0.1) is 11.8 Å². The lowest BCUT2D eigenvalue weighted by molar-refractivity contribution is -0.154. The van der Waals surface area contributed by atoms with Crippen molar-refractivity contribution in [2.75, 3.05) is 6.61 Å². The van der Waals surface area contributed by atoms with Crippen molar-refractivity contribution in [1.29, 1.82) is 0 Å². The highest BCUT2D eigenvalue weighted by molar-refractivity contribution is 5.85. The monoisotopic (exact) mass is 398 g/mol. The Labute approximate surface area is 170 Å². The van der Waals surface area contributed by atoms with Crippen LogP contribution in [-0.4, -0.2) is 24.7 Å². The van der Waals surface area contributed by atoms with Crippen molar-refractivity contribution >= 4 is 18.1 Å². The first-order chi connectivity index (χ1) is 13.9. The molecule has 1 atom stereocenters. The van der Waals surface area contributed by atoms with Gasteiger partial charge in [0.05, 0.1) is 18.9 Å². The Kier molecular flexibility index (Phi) is 8.89. The molecule has 0 aromatic heterocycles. The van der Waals surface area contributed by atoms with Gasteiger partial charge < -0.3 is 14.2 Å². The Bertz CT molecular complexity index is 786. The first kappa shape index (κ1) is 22.1. The molecule has 0 unspecified atom stereocenters. The molecule has 0 saturated heterocycles. The molecule has 0 amide bonds. The van der Waals surface area contributed by atoms with Crippen LogP contribution in [0.1, 0.15) is 31.4 Å². The third-order valence-corrected chi connectivity index (χ3v) is 4.03. The molecule has 2 aromatic carbocycles. The van der Waals surface area contributed by atoms with E-state index in [2.05, 4.69) is 4.74 Å². The number of ether oxygens (including phenoxy) is 3. The number of carbonyl (C=O) groups excluding carboxylic acids is 3. The molecule has 0 N–H and O–H groups in total. The molecule has 154 valence electrons. The van der Waals surface area contributed by atoms with Crippen LogP contribution in [0.15, 0.2) is 60.7 Å². The van der Waals surface area contributed by atoms with Crippen molar-refractivity contribution in [1.82, 2.24) is 0 Å². The maximum Gasteiger partial charge on any atom is 0.516 e. The molecule has 0 radical (unpaired) electrons. The van der Waals surface area contributed by atoms with Crippen molar-refractivity contribution in [2.45, 2.75) is 33.3 Å². The Morgan fingerprint density at radius 3 is 2.00 bits per heavy atom. The number of esters is 2. The molecule has 0 spiro atoms. The van der Waals surface area contributed by atoms with E-state index >= 15 is 0 Å². The second-order valence-electron chi connectivity index (χ2n) is 7.11. The molecule has 2 rings (SSSR count). The molecule has 6 nitrogen and oxygen atoms in total. The number of benzene rings is 2. The third-order valence-electron chi connectivity index (χ3n) is 4.03. The second-order valence-corrected chi connectivity index (χ2v) is 7.11. The van der Waals surface area contributed by atoms with E-state index in [4.69, 9.17) is 9.47 Å². The van der Waals surface area contributed by atoms with Gasteiger partial charge in [-0.15, -0.1) is 0 Å². The minimum Gasteiger partial charge on any atom is -0.461 e. The maximum absolute atomic E-state index is 12.6. The third kappa shape index (κ3) is 8.60. The predicted octanol–water partition coefficient (Wildman–Crippen LogP) is 4.31. The van der Waals surface area contributed by atoms with Gasteiger partial charge in [-0.3, -0.25) is 9.59 Å². The minimum atomic E-state index is -1.06. The molecule has 29 heavy (non-hydrogen) atoms. The van der Waals surface area contributed by atoms with Gasteiger partial charge in [0.15, 0.2) is 0 Å². The lowest BCUT2D eigenvalue weighted by atomic mass is 9.96. The van der Waals surface area contributed by atoms with E-state index in [9.17, 15) is 14.4 Å². The maximum atomic E-state index is 12.6. The highest BCUT2D eigenvalue weighted by atomic mass is 16.7. The summed E-state index contributed by atoms with van der Waals surface area (Å²) >= 11 is 0. The first-order valence-corrected chi connectivity index (χ1v) is 9.56. The van der Waals surface area contributed by atoms with Gasteiger partial charge >= 0.3 is 18.1 Å². The lowest BCUT2D eigenvalue weighted by Gasteiger charge is -2.15. The average molecular weight is 398 g/mol. The van der Waals surface area contributed by atoms with Gasteiger partial charge in [0.25, 0.3) is 0 Å². The normalized spacial score (nSPS) is 11.6.